The Labute approximate surface area is 128 Å². The van der Waals surface area contributed by atoms with E-state index in [-0.39, 0.29) is 17.6 Å². The van der Waals surface area contributed by atoms with Gasteiger partial charge >= 0.3 is 0 Å². The average Bonchev–Trinajstić information content (AvgIpc) is 2.89. The predicted octanol–water partition coefficient (Wildman–Crippen LogP) is 2.55. The summed E-state index contributed by atoms with van der Waals surface area (Å²) in [5, 5.41) is 3.13. The molecule has 2 heterocycles. The third-order valence-electron chi connectivity index (χ3n) is 3.51. The van der Waals surface area contributed by atoms with Crippen LogP contribution in [-0.2, 0) is 0 Å². The third-order valence-corrected chi connectivity index (χ3v) is 3.51. The standard InChI is InChI=1S/C16H19N5O/c1-10(2)18-16-19-13(8-15(22)20-16)11(3)21-9-17-12-6-4-5-7-14(12)21/h4-11H,1-3H3,(H2,18,19,20,22)/t11-/m0/s1. The molecule has 0 aliphatic rings. The molecule has 22 heavy (non-hydrogen) atoms. The van der Waals surface area contributed by atoms with Gasteiger partial charge in [0.15, 0.2) is 0 Å². The van der Waals surface area contributed by atoms with Gasteiger partial charge in [0.25, 0.3) is 5.56 Å². The molecule has 0 aliphatic heterocycles. The second kappa shape index (κ2) is 5.63. The van der Waals surface area contributed by atoms with Gasteiger partial charge in [-0.05, 0) is 32.9 Å². The Kier molecular flexibility index (Phi) is 3.66. The number of imidazole rings is 1. The molecule has 0 saturated carbocycles. The first-order valence-electron chi connectivity index (χ1n) is 7.34. The number of nitrogens with one attached hydrogen (secondary N) is 2. The van der Waals surface area contributed by atoms with Crippen molar-refractivity contribution in [3.8, 4) is 0 Å². The number of H-pyrrole nitrogens is 1. The number of anilines is 1. The molecule has 0 bridgehead atoms. The lowest BCUT2D eigenvalue weighted by atomic mass is 10.2. The van der Waals surface area contributed by atoms with Crippen LogP contribution in [0.5, 0.6) is 0 Å². The summed E-state index contributed by atoms with van der Waals surface area (Å²) in [5.41, 5.74) is 2.50. The summed E-state index contributed by atoms with van der Waals surface area (Å²) in [7, 11) is 0. The highest BCUT2D eigenvalue weighted by Crippen LogP contribution is 2.21. The van der Waals surface area contributed by atoms with E-state index in [1.807, 2.05) is 49.6 Å². The Morgan fingerprint density at radius 3 is 2.77 bits per heavy atom. The van der Waals surface area contributed by atoms with E-state index in [2.05, 4.69) is 20.3 Å². The summed E-state index contributed by atoms with van der Waals surface area (Å²) < 4.78 is 2.02. The summed E-state index contributed by atoms with van der Waals surface area (Å²) in [6.07, 6.45) is 1.79. The second-order valence-electron chi connectivity index (χ2n) is 5.63. The summed E-state index contributed by atoms with van der Waals surface area (Å²) in [6.45, 7) is 6.01. The van der Waals surface area contributed by atoms with Crippen molar-refractivity contribution < 1.29 is 0 Å². The zero-order valence-electron chi connectivity index (χ0n) is 12.9. The topological polar surface area (TPSA) is 75.6 Å². The highest BCUT2D eigenvalue weighted by Gasteiger charge is 2.14. The van der Waals surface area contributed by atoms with Crippen molar-refractivity contribution in [1.29, 1.82) is 0 Å². The normalized spacial score (nSPS) is 12.7. The highest BCUT2D eigenvalue weighted by molar-refractivity contribution is 5.75. The average molecular weight is 297 g/mol. The van der Waals surface area contributed by atoms with Crippen LogP contribution in [0.25, 0.3) is 11.0 Å². The maximum Gasteiger partial charge on any atom is 0.252 e. The van der Waals surface area contributed by atoms with Crippen LogP contribution in [0.3, 0.4) is 0 Å². The molecule has 2 aromatic heterocycles. The van der Waals surface area contributed by atoms with E-state index in [4.69, 9.17) is 0 Å². The SMILES string of the molecule is CC(C)Nc1nc([C@H](C)n2cnc3ccccc32)cc(=O)[nH]1. The van der Waals surface area contributed by atoms with Gasteiger partial charge in [0.2, 0.25) is 5.95 Å². The number of benzene rings is 1. The fourth-order valence-corrected chi connectivity index (χ4v) is 2.46. The number of para-hydroxylation sites is 2. The maximum absolute atomic E-state index is 11.9. The fourth-order valence-electron chi connectivity index (χ4n) is 2.46. The van der Waals surface area contributed by atoms with Gasteiger partial charge in [-0.1, -0.05) is 12.1 Å². The summed E-state index contributed by atoms with van der Waals surface area (Å²) in [5.74, 6) is 0.494. The number of nitrogens with zero attached hydrogens (tertiary/aromatic N) is 3. The molecular weight excluding hydrogens is 278 g/mol. The van der Waals surface area contributed by atoms with Crippen molar-refractivity contribution >= 4 is 17.0 Å². The van der Waals surface area contributed by atoms with Gasteiger partial charge in [-0.15, -0.1) is 0 Å². The van der Waals surface area contributed by atoms with Crippen molar-refractivity contribution in [3.05, 3.63) is 52.7 Å². The smallest absolute Gasteiger partial charge is 0.252 e. The van der Waals surface area contributed by atoms with Crippen molar-refractivity contribution in [2.75, 3.05) is 5.32 Å². The first kappa shape index (κ1) is 14.3. The van der Waals surface area contributed by atoms with Gasteiger partial charge in [0.1, 0.15) is 0 Å². The van der Waals surface area contributed by atoms with Crippen LogP contribution in [-0.4, -0.2) is 25.6 Å². The van der Waals surface area contributed by atoms with E-state index in [1.165, 1.54) is 6.07 Å². The number of hydrogen-bond acceptors (Lipinski definition) is 4. The lowest BCUT2D eigenvalue weighted by molar-refractivity contribution is 0.634. The van der Waals surface area contributed by atoms with Gasteiger partial charge in [-0.2, -0.15) is 0 Å². The maximum atomic E-state index is 11.9. The van der Waals surface area contributed by atoms with Crippen LogP contribution < -0.4 is 10.9 Å². The van der Waals surface area contributed by atoms with Crippen molar-refractivity contribution in [1.82, 2.24) is 19.5 Å². The minimum Gasteiger partial charge on any atom is -0.354 e. The largest absolute Gasteiger partial charge is 0.354 e. The zero-order chi connectivity index (χ0) is 15.7. The van der Waals surface area contributed by atoms with Gasteiger partial charge in [-0.3, -0.25) is 9.78 Å². The molecule has 0 spiro atoms. The minimum absolute atomic E-state index is 0.0811. The van der Waals surface area contributed by atoms with Gasteiger partial charge in [0.05, 0.1) is 29.1 Å². The molecule has 114 valence electrons. The lowest BCUT2D eigenvalue weighted by Gasteiger charge is -2.16. The monoisotopic (exact) mass is 297 g/mol. The molecule has 0 amide bonds. The Morgan fingerprint density at radius 1 is 1.23 bits per heavy atom. The molecule has 0 aliphatic carbocycles. The van der Waals surface area contributed by atoms with Crippen LogP contribution in [0.2, 0.25) is 0 Å². The number of aromatic nitrogens is 4. The summed E-state index contributed by atoms with van der Waals surface area (Å²) in [6, 6.07) is 9.56. The molecule has 6 heteroatoms. The fraction of sp³-hybridized carbons (Fsp3) is 0.312. The van der Waals surface area contributed by atoms with E-state index in [9.17, 15) is 4.79 Å². The number of aromatic amines is 1. The highest BCUT2D eigenvalue weighted by atomic mass is 16.1. The Morgan fingerprint density at radius 2 is 2.00 bits per heavy atom. The summed E-state index contributed by atoms with van der Waals surface area (Å²) in [4.78, 5) is 23.5. The Bertz CT molecular complexity index is 849. The molecule has 0 saturated heterocycles. The number of fused-ring (bicyclic) bond motifs is 1. The minimum atomic E-state index is -0.163. The molecular formula is C16H19N5O. The predicted molar refractivity (Wildman–Crippen MR) is 87.2 cm³/mol. The molecule has 1 atom stereocenters. The van der Waals surface area contributed by atoms with Crippen molar-refractivity contribution in [2.45, 2.75) is 32.9 Å². The first-order chi connectivity index (χ1) is 10.5. The van der Waals surface area contributed by atoms with E-state index < -0.39 is 0 Å². The quantitative estimate of drug-likeness (QED) is 0.776. The van der Waals surface area contributed by atoms with E-state index in [0.29, 0.717) is 11.6 Å². The van der Waals surface area contributed by atoms with Gasteiger partial charge < -0.3 is 9.88 Å². The molecule has 0 fully saturated rings. The van der Waals surface area contributed by atoms with Crippen LogP contribution in [0.4, 0.5) is 5.95 Å². The molecule has 2 N–H and O–H groups in total. The van der Waals surface area contributed by atoms with Crippen LogP contribution in [0, 0.1) is 0 Å². The van der Waals surface area contributed by atoms with Crippen molar-refractivity contribution in [3.63, 3.8) is 0 Å². The molecule has 1 aromatic carbocycles. The molecule has 0 unspecified atom stereocenters. The van der Waals surface area contributed by atoms with Crippen LogP contribution >= 0.6 is 0 Å². The number of rotatable bonds is 4. The van der Waals surface area contributed by atoms with Crippen LogP contribution in [0.15, 0.2) is 41.5 Å². The second-order valence-corrected chi connectivity index (χ2v) is 5.63. The number of hydrogen-bond donors (Lipinski definition) is 2. The van der Waals surface area contributed by atoms with Crippen molar-refractivity contribution in [2.24, 2.45) is 0 Å². The molecule has 6 nitrogen and oxygen atoms in total. The first-order valence-corrected chi connectivity index (χ1v) is 7.34. The molecule has 0 radical (unpaired) electrons. The summed E-state index contributed by atoms with van der Waals surface area (Å²) >= 11 is 0. The van der Waals surface area contributed by atoms with E-state index in [1.54, 1.807) is 6.33 Å². The molecule has 3 aromatic rings. The lowest BCUT2D eigenvalue weighted by Crippen LogP contribution is -2.20. The Hall–Kier alpha value is -2.63. The molecule has 3 rings (SSSR count). The van der Waals surface area contributed by atoms with E-state index in [0.717, 1.165) is 11.0 Å². The Balaban J connectivity index is 2.03. The van der Waals surface area contributed by atoms with Gasteiger partial charge in [0, 0.05) is 12.1 Å². The third kappa shape index (κ3) is 2.72. The van der Waals surface area contributed by atoms with Crippen LogP contribution in [0.1, 0.15) is 32.5 Å². The van der Waals surface area contributed by atoms with E-state index >= 15 is 0 Å². The van der Waals surface area contributed by atoms with Gasteiger partial charge in [-0.25, -0.2) is 9.97 Å². The zero-order valence-corrected chi connectivity index (χ0v) is 12.9.